The fraction of sp³-hybridized carbons (Fsp3) is 0.552. The van der Waals surface area contributed by atoms with Crippen LogP contribution in [0.3, 0.4) is 0 Å². The maximum Gasteiger partial charge on any atom is 0.105 e. The number of aliphatic hydroxyl groups is 2. The van der Waals surface area contributed by atoms with Gasteiger partial charge >= 0.3 is 0 Å². The SMILES string of the molecule is CC1=C2C=C3C(O)C(O)C(N(C)C)CC34CCC2(O4)C2CC=C(C=Cc3cccnc3)C2(C)C1. The third-order valence-corrected chi connectivity index (χ3v) is 9.59. The van der Waals surface area contributed by atoms with Crippen LogP contribution >= 0.6 is 0 Å². The van der Waals surface area contributed by atoms with E-state index in [4.69, 9.17) is 4.74 Å². The Hall–Kier alpha value is -2.05. The van der Waals surface area contributed by atoms with E-state index in [1.165, 1.54) is 16.7 Å². The van der Waals surface area contributed by atoms with Crippen molar-refractivity contribution in [1.29, 1.82) is 0 Å². The van der Waals surface area contributed by atoms with Gasteiger partial charge in [0, 0.05) is 29.8 Å². The molecule has 1 saturated carbocycles. The average Bonchev–Trinajstić information content (AvgIpc) is 3.30. The van der Waals surface area contributed by atoms with Crippen molar-refractivity contribution in [2.24, 2.45) is 11.3 Å². The van der Waals surface area contributed by atoms with E-state index in [0.29, 0.717) is 5.92 Å². The number of fused-ring (bicyclic) bond motifs is 1. The Bertz CT molecular complexity index is 1140. The lowest BCUT2D eigenvalue weighted by Crippen LogP contribution is -2.62. The Morgan fingerprint density at radius 1 is 1.21 bits per heavy atom. The quantitative estimate of drug-likeness (QED) is 0.712. The first-order valence-electron chi connectivity index (χ1n) is 12.6. The molecule has 0 radical (unpaired) electrons. The molecule has 6 rings (SSSR count). The summed E-state index contributed by atoms with van der Waals surface area (Å²) in [5, 5.41) is 22.1. The molecule has 5 heteroatoms. The fourth-order valence-electron chi connectivity index (χ4n) is 7.95. The highest BCUT2D eigenvalue weighted by molar-refractivity contribution is 5.57. The van der Waals surface area contributed by atoms with Gasteiger partial charge in [0.15, 0.2) is 0 Å². The molecule has 2 fully saturated rings. The van der Waals surface area contributed by atoms with Crippen LogP contribution in [-0.4, -0.2) is 63.6 Å². The number of aliphatic hydroxyl groups excluding tert-OH is 2. The number of pyridine rings is 1. The van der Waals surface area contributed by atoms with Crippen LogP contribution in [0, 0.1) is 11.3 Å². The molecule has 1 aromatic heterocycles. The molecule has 5 nitrogen and oxygen atoms in total. The molecule has 2 N–H and O–H groups in total. The van der Waals surface area contributed by atoms with Gasteiger partial charge in [0.25, 0.3) is 0 Å². The Kier molecular flexibility index (Phi) is 4.93. The summed E-state index contributed by atoms with van der Waals surface area (Å²) >= 11 is 0. The van der Waals surface area contributed by atoms with E-state index in [1.807, 2.05) is 31.3 Å². The van der Waals surface area contributed by atoms with E-state index in [1.54, 1.807) is 6.20 Å². The largest absolute Gasteiger partial charge is 0.388 e. The Balaban J connectivity index is 1.40. The molecule has 3 heterocycles. The first kappa shape index (κ1) is 22.4. The summed E-state index contributed by atoms with van der Waals surface area (Å²) in [6.07, 6.45) is 15.7. The monoisotopic (exact) mass is 460 g/mol. The predicted octanol–water partition coefficient (Wildman–Crippen LogP) is 4.05. The average molecular weight is 461 g/mol. The van der Waals surface area contributed by atoms with Gasteiger partial charge in [-0.15, -0.1) is 0 Å². The number of hydrogen-bond donors (Lipinski definition) is 2. The van der Waals surface area contributed by atoms with Crippen molar-refractivity contribution < 1.29 is 14.9 Å². The Morgan fingerprint density at radius 2 is 2.03 bits per heavy atom. The first-order valence-corrected chi connectivity index (χ1v) is 12.6. The molecule has 34 heavy (non-hydrogen) atoms. The van der Waals surface area contributed by atoms with Gasteiger partial charge in [-0.05, 0) is 81.5 Å². The van der Waals surface area contributed by atoms with E-state index in [9.17, 15) is 10.2 Å². The van der Waals surface area contributed by atoms with Gasteiger partial charge in [0.05, 0.1) is 17.3 Å². The minimum atomic E-state index is -0.884. The summed E-state index contributed by atoms with van der Waals surface area (Å²) in [6, 6.07) is 3.94. The fourth-order valence-corrected chi connectivity index (χ4v) is 7.95. The summed E-state index contributed by atoms with van der Waals surface area (Å²) in [5.74, 6) is 0.367. The molecule has 5 aliphatic rings. The molecule has 7 atom stereocenters. The Labute approximate surface area is 202 Å². The lowest BCUT2D eigenvalue weighted by atomic mass is 9.57. The van der Waals surface area contributed by atoms with Crippen molar-refractivity contribution in [3.8, 4) is 0 Å². The zero-order valence-electron chi connectivity index (χ0n) is 20.7. The number of rotatable bonds is 3. The number of ether oxygens (including phenoxy) is 1. The Morgan fingerprint density at radius 3 is 2.76 bits per heavy atom. The molecule has 1 saturated heterocycles. The predicted molar refractivity (Wildman–Crippen MR) is 133 cm³/mol. The molecule has 2 aliphatic heterocycles. The third kappa shape index (κ3) is 2.91. The number of aromatic nitrogens is 1. The molecule has 3 aliphatic carbocycles. The summed E-state index contributed by atoms with van der Waals surface area (Å²) in [7, 11) is 3.96. The van der Waals surface area contributed by atoms with Crippen molar-refractivity contribution in [2.45, 2.75) is 75.4 Å². The molecule has 7 unspecified atom stereocenters. The van der Waals surface area contributed by atoms with Crippen LogP contribution in [0.25, 0.3) is 6.08 Å². The first-order chi connectivity index (χ1) is 16.2. The minimum absolute atomic E-state index is 0.0108. The van der Waals surface area contributed by atoms with Crippen molar-refractivity contribution in [2.75, 3.05) is 14.1 Å². The second kappa shape index (κ2) is 7.47. The van der Waals surface area contributed by atoms with Crippen molar-refractivity contribution in [1.82, 2.24) is 9.88 Å². The molecular formula is C29H36N2O3. The van der Waals surface area contributed by atoms with Gasteiger partial charge < -0.3 is 19.8 Å². The normalized spacial score (nSPS) is 43.0. The van der Waals surface area contributed by atoms with Crippen molar-refractivity contribution in [3.63, 3.8) is 0 Å². The van der Waals surface area contributed by atoms with E-state index < -0.39 is 17.8 Å². The van der Waals surface area contributed by atoms with E-state index >= 15 is 0 Å². The van der Waals surface area contributed by atoms with Crippen molar-refractivity contribution >= 4 is 6.08 Å². The van der Waals surface area contributed by atoms with Gasteiger partial charge in [-0.2, -0.15) is 0 Å². The zero-order chi connectivity index (χ0) is 23.9. The van der Waals surface area contributed by atoms with Gasteiger partial charge in [-0.1, -0.05) is 42.9 Å². The molecule has 180 valence electrons. The standard InChI is InChI=1S/C29H36N2O3/c1-18-15-27(2)20(8-7-19-6-5-13-30-17-19)9-10-24(27)29-12-11-28(34-29)16-23(31(3)4)26(33)25(32)22(28)14-21(18)29/h5-9,13-14,17,23-26,32-33H,10-12,15-16H2,1-4H3. The van der Waals surface area contributed by atoms with Gasteiger partial charge in [-0.25, -0.2) is 0 Å². The molecule has 0 aromatic carbocycles. The number of likely N-dealkylation sites (N-methyl/N-ethyl adjacent to an activating group) is 1. The highest BCUT2D eigenvalue weighted by Gasteiger charge is 2.67. The highest BCUT2D eigenvalue weighted by Crippen LogP contribution is 2.67. The van der Waals surface area contributed by atoms with Crippen LogP contribution in [0.4, 0.5) is 0 Å². The van der Waals surface area contributed by atoms with E-state index in [-0.39, 0.29) is 17.1 Å². The summed E-state index contributed by atoms with van der Waals surface area (Å²) < 4.78 is 7.25. The van der Waals surface area contributed by atoms with Crippen LogP contribution in [0.1, 0.15) is 51.5 Å². The van der Waals surface area contributed by atoms with Gasteiger partial charge in [0.2, 0.25) is 0 Å². The second-order valence-electron chi connectivity index (χ2n) is 11.6. The maximum atomic E-state index is 11.2. The summed E-state index contributed by atoms with van der Waals surface area (Å²) in [4.78, 5) is 6.28. The molecule has 2 spiro atoms. The minimum Gasteiger partial charge on any atom is -0.388 e. The van der Waals surface area contributed by atoms with Crippen molar-refractivity contribution in [3.05, 3.63) is 70.6 Å². The molecule has 1 aromatic rings. The third-order valence-electron chi connectivity index (χ3n) is 9.59. The second-order valence-corrected chi connectivity index (χ2v) is 11.6. The molecular weight excluding hydrogens is 424 g/mol. The number of hydrogen-bond acceptors (Lipinski definition) is 5. The van der Waals surface area contributed by atoms with Gasteiger partial charge in [0.1, 0.15) is 6.10 Å². The topological polar surface area (TPSA) is 65.8 Å². The maximum absolute atomic E-state index is 11.2. The lowest BCUT2D eigenvalue weighted by Gasteiger charge is -2.56. The number of allylic oxidation sites excluding steroid dienone is 4. The summed E-state index contributed by atoms with van der Waals surface area (Å²) in [6.45, 7) is 4.65. The van der Waals surface area contributed by atoms with Gasteiger partial charge in [-0.3, -0.25) is 4.98 Å². The van der Waals surface area contributed by atoms with Crippen LogP contribution in [0.2, 0.25) is 0 Å². The lowest BCUT2D eigenvalue weighted by molar-refractivity contribution is -0.163. The molecule has 2 bridgehead atoms. The van der Waals surface area contributed by atoms with Crippen LogP contribution in [0.15, 0.2) is 65.0 Å². The van der Waals surface area contributed by atoms with Crippen LogP contribution < -0.4 is 0 Å². The summed E-state index contributed by atoms with van der Waals surface area (Å²) in [5.41, 5.74) is 5.22. The smallest absolute Gasteiger partial charge is 0.105 e. The highest BCUT2D eigenvalue weighted by atomic mass is 16.5. The van der Waals surface area contributed by atoms with Crippen LogP contribution in [0.5, 0.6) is 0 Å². The van der Waals surface area contributed by atoms with Crippen LogP contribution in [-0.2, 0) is 4.74 Å². The van der Waals surface area contributed by atoms with E-state index in [0.717, 1.165) is 43.2 Å². The zero-order valence-corrected chi connectivity index (χ0v) is 20.7. The molecule has 0 amide bonds. The van der Waals surface area contributed by atoms with E-state index in [2.05, 4.69) is 49.2 Å². The number of nitrogens with zero attached hydrogens (tertiary/aromatic N) is 2.